The second kappa shape index (κ2) is 5.26. The molecule has 3 rings (SSSR count). The molecule has 98 valence electrons. The van der Waals surface area contributed by atoms with Gasteiger partial charge in [0.25, 0.3) is 0 Å². The lowest BCUT2D eigenvalue weighted by molar-refractivity contribution is 0.410. The van der Waals surface area contributed by atoms with E-state index in [-0.39, 0.29) is 0 Å². The standard InChI is InChI=1S/C15H17N3O/c1-19-14-8-3-2-5-11(14)9-16-15-12-6-4-7-13(12)17-10-18-15/h2-3,5,8,10H,4,6-7,9H2,1H3,(H,16,17,18). The van der Waals surface area contributed by atoms with Gasteiger partial charge in [0, 0.05) is 23.4 Å². The minimum atomic E-state index is 0.716. The molecule has 0 fully saturated rings. The fourth-order valence-corrected chi connectivity index (χ4v) is 2.54. The number of fused-ring (bicyclic) bond motifs is 1. The summed E-state index contributed by atoms with van der Waals surface area (Å²) in [5.41, 5.74) is 3.60. The zero-order valence-corrected chi connectivity index (χ0v) is 11.0. The summed E-state index contributed by atoms with van der Waals surface area (Å²) in [7, 11) is 1.70. The highest BCUT2D eigenvalue weighted by Gasteiger charge is 2.16. The highest BCUT2D eigenvalue weighted by atomic mass is 16.5. The second-order valence-corrected chi connectivity index (χ2v) is 4.67. The van der Waals surface area contributed by atoms with E-state index < -0.39 is 0 Å². The molecule has 2 aromatic rings. The van der Waals surface area contributed by atoms with Crippen LogP contribution in [0.25, 0.3) is 0 Å². The van der Waals surface area contributed by atoms with Gasteiger partial charge in [0.05, 0.1) is 7.11 Å². The minimum Gasteiger partial charge on any atom is -0.496 e. The molecule has 0 radical (unpaired) electrons. The first-order valence-corrected chi connectivity index (χ1v) is 6.57. The van der Waals surface area contributed by atoms with Gasteiger partial charge < -0.3 is 10.1 Å². The fourth-order valence-electron chi connectivity index (χ4n) is 2.54. The summed E-state index contributed by atoms with van der Waals surface area (Å²) < 4.78 is 5.35. The predicted octanol–water partition coefficient (Wildman–Crippen LogP) is 2.59. The van der Waals surface area contributed by atoms with Crippen molar-refractivity contribution in [2.75, 3.05) is 12.4 Å². The maximum Gasteiger partial charge on any atom is 0.133 e. The molecule has 0 saturated heterocycles. The SMILES string of the molecule is COc1ccccc1CNc1ncnc2c1CCC2. The number of aromatic nitrogens is 2. The summed E-state index contributed by atoms with van der Waals surface area (Å²) in [6.07, 6.45) is 4.97. The van der Waals surface area contributed by atoms with Gasteiger partial charge in [0.2, 0.25) is 0 Å². The third kappa shape index (κ3) is 2.38. The van der Waals surface area contributed by atoms with Gasteiger partial charge in [-0.15, -0.1) is 0 Å². The van der Waals surface area contributed by atoms with E-state index in [1.807, 2.05) is 18.2 Å². The molecule has 0 unspecified atom stereocenters. The Kier molecular flexibility index (Phi) is 3.31. The van der Waals surface area contributed by atoms with Crippen LogP contribution in [0.15, 0.2) is 30.6 Å². The molecule has 0 bridgehead atoms. The molecule has 4 nitrogen and oxygen atoms in total. The van der Waals surface area contributed by atoms with Gasteiger partial charge >= 0.3 is 0 Å². The zero-order chi connectivity index (χ0) is 13.1. The van der Waals surface area contributed by atoms with Crippen LogP contribution in [-0.4, -0.2) is 17.1 Å². The molecule has 0 atom stereocenters. The summed E-state index contributed by atoms with van der Waals surface area (Å²) in [6, 6.07) is 8.03. The van der Waals surface area contributed by atoms with E-state index in [1.54, 1.807) is 13.4 Å². The van der Waals surface area contributed by atoms with Crippen molar-refractivity contribution in [1.82, 2.24) is 9.97 Å². The Morgan fingerprint density at radius 2 is 2.11 bits per heavy atom. The highest BCUT2D eigenvalue weighted by Crippen LogP contribution is 2.26. The van der Waals surface area contributed by atoms with Crippen LogP contribution in [0.5, 0.6) is 5.75 Å². The first-order chi connectivity index (χ1) is 9.38. The van der Waals surface area contributed by atoms with Crippen LogP contribution in [-0.2, 0) is 19.4 Å². The number of nitrogens with zero attached hydrogens (tertiary/aromatic N) is 2. The maximum absolute atomic E-state index is 5.35. The van der Waals surface area contributed by atoms with Crippen LogP contribution < -0.4 is 10.1 Å². The summed E-state index contributed by atoms with van der Waals surface area (Å²) in [5.74, 6) is 1.87. The lowest BCUT2D eigenvalue weighted by Gasteiger charge is -2.12. The van der Waals surface area contributed by atoms with E-state index in [9.17, 15) is 0 Å². The molecule has 1 aliphatic carbocycles. The first-order valence-electron chi connectivity index (χ1n) is 6.57. The quantitative estimate of drug-likeness (QED) is 0.912. The summed E-state index contributed by atoms with van der Waals surface area (Å²) in [5, 5.41) is 3.40. The molecule has 1 N–H and O–H groups in total. The predicted molar refractivity (Wildman–Crippen MR) is 74.4 cm³/mol. The van der Waals surface area contributed by atoms with E-state index in [4.69, 9.17) is 4.74 Å². The van der Waals surface area contributed by atoms with E-state index >= 15 is 0 Å². The Hall–Kier alpha value is -2.10. The number of aryl methyl sites for hydroxylation is 1. The Balaban J connectivity index is 1.78. The molecule has 4 heteroatoms. The van der Waals surface area contributed by atoms with Gasteiger partial charge in [-0.3, -0.25) is 0 Å². The average Bonchev–Trinajstić information content (AvgIpc) is 2.94. The smallest absolute Gasteiger partial charge is 0.133 e. The van der Waals surface area contributed by atoms with Crippen LogP contribution in [0.1, 0.15) is 23.2 Å². The van der Waals surface area contributed by atoms with E-state index in [1.165, 1.54) is 17.7 Å². The molecule has 0 saturated carbocycles. The number of nitrogens with one attached hydrogen (secondary N) is 1. The number of benzene rings is 1. The topological polar surface area (TPSA) is 47.0 Å². The van der Waals surface area contributed by atoms with Crippen LogP contribution in [0, 0.1) is 0 Å². The number of hydrogen-bond acceptors (Lipinski definition) is 4. The van der Waals surface area contributed by atoms with Crippen molar-refractivity contribution in [2.45, 2.75) is 25.8 Å². The number of ether oxygens (including phenoxy) is 1. The van der Waals surface area contributed by atoms with Crippen molar-refractivity contribution in [1.29, 1.82) is 0 Å². The third-order valence-electron chi connectivity index (χ3n) is 3.51. The van der Waals surface area contributed by atoms with Gasteiger partial charge in [-0.05, 0) is 25.3 Å². The molecule has 1 aromatic heterocycles. The molecule has 1 aromatic carbocycles. The summed E-state index contributed by atoms with van der Waals surface area (Å²) in [4.78, 5) is 8.69. The van der Waals surface area contributed by atoms with Gasteiger partial charge in [-0.1, -0.05) is 18.2 Å². The fraction of sp³-hybridized carbons (Fsp3) is 0.333. The van der Waals surface area contributed by atoms with E-state index in [2.05, 4.69) is 21.4 Å². The lowest BCUT2D eigenvalue weighted by atomic mass is 10.2. The van der Waals surface area contributed by atoms with Crippen LogP contribution in [0.3, 0.4) is 0 Å². The van der Waals surface area contributed by atoms with Crippen molar-refractivity contribution in [3.63, 3.8) is 0 Å². The van der Waals surface area contributed by atoms with Crippen molar-refractivity contribution in [3.8, 4) is 5.75 Å². The summed E-state index contributed by atoms with van der Waals surface area (Å²) in [6.45, 7) is 0.716. The van der Waals surface area contributed by atoms with Crippen LogP contribution >= 0.6 is 0 Å². The second-order valence-electron chi connectivity index (χ2n) is 4.67. The molecule has 0 spiro atoms. The van der Waals surface area contributed by atoms with Gasteiger partial charge in [0.15, 0.2) is 0 Å². The largest absolute Gasteiger partial charge is 0.496 e. The molecular formula is C15H17N3O. The molecule has 1 aliphatic rings. The van der Waals surface area contributed by atoms with Crippen molar-refractivity contribution in [3.05, 3.63) is 47.4 Å². The van der Waals surface area contributed by atoms with Gasteiger partial charge in [-0.2, -0.15) is 0 Å². The Morgan fingerprint density at radius 3 is 3.00 bits per heavy atom. The molecule has 19 heavy (non-hydrogen) atoms. The number of hydrogen-bond donors (Lipinski definition) is 1. The van der Waals surface area contributed by atoms with Gasteiger partial charge in [0.1, 0.15) is 17.9 Å². The van der Waals surface area contributed by atoms with Gasteiger partial charge in [-0.25, -0.2) is 9.97 Å². The first kappa shape index (κ1) is 12.0. The molecule has 1 heterocycles. The highest BCUT2D eigenvalue weighted by molar-refractivity contribution is 5.49. The minimum absolute atomic E-state index is 0.716. The number of methoxy groups -OCH3 is 1. The number of anilines is 1. The molecule has 0 amide bonds. The van der Waals surface area contributed by atoms with E-state index in [0.717, 1.165) is 30.0 Å². The normalized spacial score (nSPS) is 13.1. The Morgan fingerprint density at radius 1 is 1.21 bits per heavy atom. The summed E-state index contributed by atoms with van der Waals surface area (Å²) >= 11 is 0. The number of rotatable bonds is 4. The third-order valence-corrected chi connectivity index (χ3v) is 3.51. The molecular weight excluding hydrogens is 238 g/mol. The Bertz CT molecular complexity index is 583. The zero-order valence-electron chi connectivity index (χ0n) is 11.0. The van der Waals surface area contributed by atoms with Crippen molar-refractivity contribution in [2.24, 2.45) is 0 Å². The average molecular weight is 255 g/mol. The lowest BCUT2D eigenvalue weighted by Crippen LogP contribution is -2.06. The van der Waals surface area contributed by atoms with Crippen LogP contribution in [0.2, 0.25) is 0 Å². The van der Waals surface area contributed by atoms with Crippen molar-refractivity contribution < 1.29 is 4.74 Å². The Labute approximate surface area is 112 Å². The maximum atomic E-state index is 5.35. The van der Waals surface area contributed by atoms with Crippen molar-refractivity contribution >= 4 is 5.82 Å². The monoisotopic (exact) mass is 255 g/mol. The van der Waals surface area contributed by atoms with Crippen LogP contribution in [0.4, 0.5) is 5.82 Å². The number of para-hydroxylation sites is 1. The molecule has 0 aliphatic heterocycles. The van der Waals surface area contributed by atoms with E-state index in [0.29, 0.717) is 6.54 Å².